The van der Waals surface area contributed by atoms with Crippen molar-refractivity contribution in [3.63, 3.8) is 0 Å². The molecule has 5 rings (SSSR count). The molecule has 0 aliphatic heterocycles. The smallest absolute Gasteiger partial charge is 0.248 e. The highest BCUT2D eigenvalue weighted by Crippen LogP contribution is 2.34. The van der Waals surface area contributed by atoms with Crippen LogP contribution in [0.1, 0.15) is 17.0 Å². The van der Waals surface area contributed by atoms with Gasteiger partial charge in [0.1, 0.15) is 0 Å². The number of hydrogen-bond donors (Lipinski definition) is 2. The van der Waals surface area contributed by atoms with Gasteiger partial charge in [-0.15, -0.1) is 0 Å². The molecule has 30 heavy (non-hydrogen) atoms. The maximum Gasteiger partial charge on any atom is 0.248 e. The van der Waals surface area contributed by atoms with Crippen LogP contribution in [0.2, 0.25) is 0 Å². The van der Waals surface area contributed by atoms with Gasteiger partial charge in [-0.05, 0) is 34.5 Å². The average Bonchev–Trinajstić information content (AvgIpc) is 2.79. The number of fused-ring (bicyclic) bond motifs is 2. The van der Waals surface area contributed by atoms with E-state index in [9.17, 15) is 9.90 Å². The Bertz CT molecular complexity index is 1420. The normalized spacial score (nSPS) is 13.4. The zero-order valence-electron chi connectivity index (χ0n) is 16.2. The second-order valence-corrected chi connectivity index (χ2v) is 7.49. The summed E-state index contributed by atoms with van der Waals surface area (Å²) >= 11 is 0. The summed E-state index contributed by atoms with van der Waals surface area (Å²) in [7, 11) is 0. The number of para-hydroxylation sites is 1. The van der Waals surface area contributed by atoms with Gasteiger partial charge < -0.3 is 10.1 Å². The molecular formula is C26H20N2O2. The summed E-state index contributed by atoms with van der Waals surface area (Å²) in [5, 5.41) is 15.2. The van der Waals surface area contributed by atoms with Crippen molar-refractivity contribution >= 4 is 21.7 Å². The van der Waals surface area contributed by atoms with E-state index >= 15 is 0 Å². The van der Waals surface area contributed by atoms with Crippen molar-refractivity contribution in [2.24, 2.45) is 0 Å². The van der Waals surface area contributed by atoms with E-state index in [1.54, 1.807) is 12.1 Å². The zero-order chi connectivity index (χ0) is 20.6. The van der Waals surface area contributed by atoms with Gasteiger partial charge >= 0.3 is 0 Å². The molecule has 0 spiro atoms. The van der Waals surface area contributed by atoms with Gasteiger partial charge in [-0.3, -0.25) is 4.79 Å². The third kappa shape index (κ3) is 3.17. The van der Waals surface area contributed by atoms with Gasteiger partial charge in [0.15, 0.2) is 5.60 Å². The van der Waals surface area contributed by atoms with E-state index in [1.165, 1.54) is 6.07 Å². The minimum atomic E-state index is -1.49. The van der Waals surface area contributed by atoms with Crippen molar-refractivity contribution in [1.29, 1.82) is 0 Å². The second kappa shape index (κ2) is 7.25. The standard InChI is InChI=1S/C26H20N2O2/c29-25-14-6-13-23(28-25)26(30,24-16-15-19-8-2-4-12-22(19)27-24)17-20-10-5-9-18-7-1-3-11-21(18)20/h1-16,30H,17H2,(H,28,29). The number of aromatic nitrogens is 2. The summed E-state index contributed by atoms with van der Waals surface area (Å²) in [5.41, 5.74) is 0.945. The molecule has 5 aromatic rings. The summed E-state index contributed by atoms with van der Waals surface area (Å²) < 4.78 is 0. The number of aromatic amines is 1. The molecule has 2 N–H and O–H groups in total. The highest BCUT2D eigenvalue weighted by Gasteiger charge is 2.35. The molecule has 2 aromatic heterocycles. The molecule has 0 aliphatic carbocycles. The van der Waals surface area contributed by atoms with Crippen molar-refractivity contribution in [2.45, 2.75) is 12.0 Å². The van der Waals surface area contributed by atoms with Gasteiger partial charge in [0, 0.05) is 17.9 Å². The Morgan fingerprint density at radius 2 is 1.50 bits per heavy atom. The number of aliphatic hydroxyl groups is 1. The summed E-state index contributed by atoms with van der Waals surface area (Å²) in [6.07, 6.45) is 0.277. The third-order valence-electron chi connectivity index (χ3n) is 5.56. The van der Waals surface area contributed by atoms with Crippen LogP contribution in [0.4, 0.5) is 0 Å². The molecule has 0 saturated carbocycles. The van der Waals surface area contributed by atoms with Gasteiger partial charge in [-0.1, -0.05) is 72.8 Å². The fraction of sp³-hybridized carbons (Fsp3) is 0.0769. The van der Waals surface area contributed by atoms with Crippen LogP contribution in [0, 0.1) is 0 Å². The van der Waals surface area contributed by atoms with Gasteiger partial charge in [0.05, 0.1) is 16.9 Å². The molecule has 2 heterocycles. The highest BCUT2D eigenvalue weighted by atomic mass is 16.3. The van der Waals surface area contributed by atoms with Gasteiger partial charge in [0.2, 0.25) is 5.56 Å². The van der Waals surface area contributed by atoms with Gasteiger partial charge in [0.25, 0.3) is 0 Å². The lowest BCUT2D eigenvalue weighted by molar-refractivity contribution is 0.0723. The first-order chi connectivity index (χ1) is 14.6. The van der Waals surface area contributed by atoms with Crippen LogP contribution < -0.4 is 5.56 Å². The summed E-state index contributed by atoms with van der Waals surface area (Å²) in [6, 6.07) is 30.5. The highest BCUT2D eigenvalue weighted by molar-refractivity contribution is 5.86. The molecule has 1 atom stereocenters. The number of nitrogens with one attached hydrogen (secondary N) is 1. The second-order valence-electron chi connectivity index (χ2n) is 7.49. The Morgan fingerprint density at radius 1 is 0.767 bits per heavy atom. The van der Waals surface area contributed by atoms with Crippen molar-refractivity contribution < 1.29 is 5.11 Å². The fourth-order valence-corrected chi connectivity index (χ4v) is 4.03. The van der Waals surface area contributed by atoms with Crippen molar-refractivity contribution in [1.82, 2.24) is 9.97 Å². The number of H-pyrrole nitrogens is 1. The fourth-order valence-electron chi connectivity index (χ4n) is 4.03. The lowest BCUT2D eigenvalue weighted by Crippen LogP contribution is -2.34. The molecule has 0 radical (unpaired) electrons. The molecule has 0 saturated heterocycles. The quantitative estimate of drug-likeness (QED) is 0.471. The largest absolute Gasteiger partial charge is 0.377 e. The van der Waals surface area contributed by atoms with E-state index in [2.05, 4.69) is 17.1 Å². The minimum Gasteiger partial charge on any atom is -0.377 e. The lowest BCUT2D eigenvalue weighted by Gasteiger charge is -2.28. The molecule has 0 fully saturated rings. The van der Waals surface area contributed by atoms with Crippen LogP contribution >= 0.6 is 0 Å². The number of pyridine rings is 2. The van der Waals surface area contributed by atoms with Gasteiger partial charge in [-0.25, -0.2) is 4.98 Å². The first-order valence-electron chi connectivity index (χ1n) is 9.89. The number of nitrogens with zero attached hydrogens (tertiary/aromatic N) is 1. The molecule has 0 aliphatic rings. The number of rotatable bonds is 4. The predicted octanol–water partition coefficient (Wildman–Crippen LogP) is 4.55. The maximum absolute atomic E-state index is 12.1. The Balaban J connectivity index is 1.72. The van der Waals surface area contributed by atoms with Crippen molar-refractivity contribution in [2.75, 3.05) is 0 Å². The summed E-state index contributed by atoms with van der Waals surface area (Å²) in [6.45, 7) is 0. The van der Waals surface area contributed by atoms with Gasteiger partial charge in [-0.2, -0.15) is 0 Å². The predicted molar refractivity (Wildman–Crippen MR) is 119 cm³/mol. The van der Waals surface area contributed by atoms with Crippen LogP contribution in [0.3, 0.4) is 0 Å². The number of hydrogen-bond acceptors (Lipinski definition) is 3. The van der Waals surface area contributed by atoms with E-state index in [0.717, 1.165) is 27.2 Å². The first kappa shape index (κ1) is 18.3. The molecular weight excluding hydrogens is 372 g/mol. The zero-order valence-corrected chi connectivity index (χ0v) is 16.2. The minimum absolute atomic E-state index is 0.260. The summed E-state index contributed by atoms with van der Waals surface area (Å²) in [5.74, 6) is 0. The third-order valence-corrected chi connectivity index (χ3v) is 5.56. The molecule has 146 valence electrons. The van der Waals surface area contributed by atoms with Crippen LogP contribution in [-0.2, 0) is 12.0 Å². The molecule has 4 nitrogen and oxygen atoms in total. The molecule has 0 amide bonds. The van der Waals surface area contributed by atoms with E-state index < -0.39 is 5.60 Å². The van der Waals surface area contributed by atoms with Crippen molar-refractivity contribution in [3.05, 3.63) is 124 Å². The van der Waals surface area contributed by atoms with Crippen molar-refractivity contribution in [3.8, 4) is 0 Å². The van der Waals surface area contributed by atoms with Crippen LogP contribution in [0.5, 0.6) is 0 Å². The average molecular weight is 392 g/mol. The van der Waals surface area contributed by atoms with Crippen LogP contribution in [-0.4, -0.2) is 15.1 Å². The maximum atomic E-state index is 12.1. The Labute approximate surface area is 173 Å². The van der Waals surface area contributed by atoms with Crippen LogP contribution in [0.15, 0.2) is 102 Å². The van der Waals surface area contributed by atoms with E-state index in [-0.39, 0.29) is 12.0 Å². The molecule has 3 aromatic carbocycles. The monoisotopic (exact) mass is 392 g/mol. The first-order valence-corrected chi connectivity index (χ1v) is 9.89. The van der Waals surface area contributed by atoms with E-state index in [4.69, 9.17) is 4.98 Å². The Hall–Kier alpha value is -3.76. The molecule has 1 unspecified atom stereocenters. The molecule has 0 bridgehead atoms. The Morgan fingerprint density at radius 3 is 2.37 bits per heavy atom. The van der Waals surface area contributed by atoms with E-state index in [1.807, 2.05) is 66.7 Å². The SMILES string of the molecule is O=c1cccc(C(O)(Cc2cccc3ccccc23)c2ccc3ccccc3n2)[nH]1. The van der Waals surface area contributed by atoms with E-state index in [0.29, 0.717) is 11.4 Å². The molecule has 4 heteroatoms. The number of benzene rings is 3. The van der Waals surface area contributed by atoms with Crippen LogP contribution in [0.25, 0.3) is 21.7 Å². The Kier molecular flexibility index (Phi) is 4.42. The topological polar surface area (TPSA) is 66.0 Å². The lowest BCUT2D eigenvalue weighted by atomic mass is 9.85. The summed E-state index contributed by atoms with van der Waals surface area (Å²) in [4.78, 5) is 19.6.